The molecule has 24 unspecified atom stereocenters. The van der Waals surface area contributed by atoms with Crippen LogP contribution in [0.25, 0.3) is 0 Å². The number of aliphatic hydroxyl groups excluding tert-OH is 14. The van der Waals surface area contributed by atoms with Crippen LogP contribution in [-0.4, -0.2) is 289 Å². The second-order valence-corrected chi connectivity index (χ2v) is 17.6. The standard InChI is InChI=1S/C36H63N3O29S/c1-10(44)37-13(4-40)30(66-36-29(56)27(54)31(17(7-43)64-36)67-34-19(38-11(2)45)24(51)22(49)15(5-41)62-34)21(48)14(47)8-60-33-20(39-12(3)46)25(52)32(18(65-33)9-61-69(57,58)59)68-35-28(55)26(53)23(50)16(6-42)63-35/h13-36,40-43,47-56H,4-9H2,1-3H3,(H,37,44)(H,38,45)(H,39,46)(H,57,58,59). The summed E-state index contributed by atoms with van der Waals surface area (Å²) in [4.78, 5) is 36.5. The lowest BCUT2D eigenvalue weighted by Gasteiger charge is -2.48. The molecule has 0 bridgehead atoms. The Balaban J connectivity index is 1.57. The normalized spacial score (nSPS) is 40.5. The van der Waals surface area contributed by atoms with E-state index in [1.54, 1.807) is 0 Å². The fourth-order valence-corrected chi connectivity index (χ4v) is 8.19. The first kappa shape index (κ1) is 59.0. The Morgan fingerprint density at radius 1 is 0.580 bits per heavy atom. The SMILES string of the molecule is CC(=O)NC(CO)C(OC1OC(CO)C(OC2OC(CO)C(O)C(O)C2NC(C)=O)C(O)C1O)C(O)C(O)COC1OC(COS(=O)(=O)O)C(OC2OC(CO)C(O)C(O)C2O)C(O)C1NC(C)=O. The minimum atomic E-state index is -5.26. The van der Waals surface area contributed by atoms with E-state index >= 15 is 0 Å². The van der Waals surface area contributed by atoms with E-state index in [1.165, 1.54) is 0 Å². The van der Waals surface area contributed by atoms with E-state index in [0.29, 0.717) is 0 Å². The molecular formula is C36H63N3O29S. The number of nitrogens with one attached hydrogen (secondary N) is 3. The molecule has 0 aromatic rings. The first-order valence-electron chi connectivity index (χ1n) is 21.2. The molecule has 4 heterocycles. The summed E-state index contributed by atoms with van der Waals surface area (Å²) in [7, 11) is -5.26. The molecule has 0 aliphatic carbocycles. The van der Waals surface area contributed by atoms with E-state index in [9.17, 15) is 98.8 Å². The minimum absolute atomic E-state index is 0.743. The molecule has 3 amide bonds. The van der Waals surface area contributed by atoms with Crippen LogP contribution < -0.4 is 16.0 Å². The molecule has 0 saturated carbocycles. The van der Waals surface area contributed by atoms with Gasteiger partial charge in [-0.1, -0.05) is 0 Å². The second kappa shape index (κ2) is 25.9. The van der Waals surface area contributed by atoms with Crippen molar-refractivity contribution in [2.24, 2.45) is 0 Å². The molecule has 24 atom stereocenters. The van der Waals surface area contributed by atoms with Gasteiger partial charge in [0, 0.05) is 20.8 Å². The number of ether oxygens (including phenoxy) is 8. The first-order valence-corrected chi connectivity index (χ1v) is 22.5. The molecule has 0 aromatic carbocycles. The number of hydrogen-bond donors (Lipinski definition) is 18. The van der Waals surface area contributed by atoms with Gasteiger partial charge in [-0.15, -0.1) is 0 Å². The summed E-state index contributed by atoms with van der Waals surface area (Å²) in [5, 5.41) is 156. The van der Waals surface area contributed by atoms with Crippen molar-refractivity contribution in [2.45, 2.75) is 168 Å². The molecule has 0 radical (unpaired) electrons. The minimum Gasteiger partial charge on any atom is -0.394 e. The highest BCUT2D eigenvalue weighted by Gasteiger charge is 2.54. The molecule has 4 aliphatic rings. The molecule has 4 saturated heterocycles. The molecule has 0 spiro atoms. The third kappa shape index (κ3) is 15.0. The van der Waals surface area contributed by atoms with Gasteiger partial charge < -0.3 is 125 Å². The van der Waals surface area contributed by atoms with Crippen molar-refractivity contribution < 1.29 is 141 Å². The highest BCUT2D eigenvalue weighted by molar-refractivity contribution is 7.80. The topological polar surface area (TPSA) is 508 Å². The highest BCUT2D eigenvalue weighted by atomic mass is 32.3. The largest absolute Gasteiger partial charge is 0.397 e. The van der Waals surface area contributed by atoms with Crippen LogP contribution in [0.3, 0.4) is 0 Å². The number of carbonyl (C=O) groups is 3. The van der Waals surface area contributed by atoms with Crippen LogP contribution in [-0.2, 0) is 66.9 Å². The van der Waals surface area contributed by atoms with Gasteiger partial charge in [-0.05, 0) is 0 Å². The Hall–Kier alpha value is -2.60. The fourth-order valence-electron chi connectivity index (χ4n) is 7.89. The molecule has 4 aliphatic heterocycles. The maximum Gasteiger partial charge on any atom is 0.397 e. The van der Waals surface area contributed by atoms with Crippen LogP contribution in [0.15, 0.2) is 0 Å². The van der Waals surface area contributed by atoms with Crippen LogP contribution in [0.4, 0.5) is 0 Å². The van der Waals surface area contributed by atoms with Crippen molar-refractivity contribution in [2.75, 3.05) is 39.6 Å². The Morgan fingerprint density at radius 3 is 1.58 bits per heavy atom. The summed E-state index contributed by atoms with van der Waals surface area (Å²) >= 11 is 0. The van der Waals surface area contributed by atoms with Crippen LogP contribution in [0.2, 0.25) is 0 Å². The van der Waals surface area contributed by atoms with Gasteiger partial charge >= 0.3 is 10.4 Å². The Bertz CT molecular complexity index is 1760. The number of amides is 3. The first-order chi connectivity index (χ1) is 32.3. The zero-order valence-electron chi connectivity index (χ0n) is 36.9. The number of carbonyl (C=O) groups excluding carboxylic acids is 3. The zero-order chi connectivity index (χ0) is 51.8. The van der Waals surface area contributed by atoms with Gasteiger partial charge in [-0.3, -0.25) is 18.9 Å². The van der Waals surface area contributed by atoms with Crippen molar-refractivity contribution in [3.63, 3.8) is 0 Å². The lowest BCUT2D eigenvalue weighted by atomic mass is 9.95. The van der Waals surface area contributed by atoms with Gasteiger partial charge in [-0.25, -0.2) is 4.18 Å². The molecule has 69 heavy (non-hydrogen) atoms. The average molecular weight is 1030 g/mol. The highest BCUT2D eigenvalue weighted by Crippen LogP contribution is 2.33. The maximum atomic E-state index is 12.3. The monoisotopic (exact) mass is 1030 g/mol. The van der Waals surface area contributed by atoms with Gasteiger partial charge in [0.25, 0.3) is 0 Å². The quantitative estimate of drug-likeness (QED) is 0.0448. The lowest BCUT2D eigenvalue weighted by molar-refractivity contribution is -0.357. The third-order valence-electron chi connectivity index (χ3n) is 11.4. The van der Waals surface area contributed by atoms with Gasteiger partial charge in [0.2, 0.25) is 17.7 Å². The Morgan fingerprint density at radius 2 is 1.06 bits per heavy atom. The van der Waals surface area contributed by atoms with E-state index in [-0.39, 0.29) is 0 Å². The zero-order valence-corrected chi connectivity index (χ0v) is 37.7. The predicted molar refractivity (Wildman–Crippen MR) is 214 cm³/mol. The van der Waals surface area contributed by atoms with Gasteiger partial charge in [0.05, 0.1) is 45.7 Å². The van der Waals surface area contributed by atoms with E-state index in [1.807, 2.05) is 0 Å². The van der Waals surface area contributed by atoms with Crippen molar-refractivity contribution in [1.29, 1.82) is 0 Å². The van der Waals surface area contributed by atoms with Crippen LogP contribution in [0.1, 0.15) is 20.8 Å². The van der Waals surface area contributed by atoms with Gasteiger partial charge in [0.15, 0.2) is 25.2 Å². The van der Waals surface area contributed by atoms with E-state index in [2.05, 4.69) is 20.1 Å². The predicted octanol–water partition coefficient (Wildman–Crippen LogP) is -12.0. The van der Waals surface area contributed by atoms with Crippen molar-refractivity contribution >= 4 is 28.1 Å². The summed E-state index contributed by atoms with van der Waals surface area (Å²) in [5.41, 5.74) is 0. The molecule has 33 heteroatoms. The third-order valence-corrected chi connectivity index (χ3v) is 11.8. The second-order valence-electron chi connectivity index (χ2n) is 16.5. The Labute approximate surface area is 392 Å². The van der Waals surface area contributed by atoms with Crippen molar-refractivity contribution in [3.05, 3.63) is 0 Å². The molecular weight excluding hydrogens is 970 g/mol. The van der Waals surface area contributed by atoms with Gasteiger partial charge in [-0.2, -0.15) is 8.42 Å². The van der Waals surface area contributed by atoms with Crippen LogP contribution in [0, 0.1) is 0 Å². The lowest BCUT2D eigenvalue weighted by Crippen LogP contribution is -2.68. The smallest absolute Gasteiger partial charge is 0.394 e. The summed E-state index contributed by atoms with van der Waals surface area (Å²) in [6.45, 7) is -3.22. The number of rotatable bonds is 22. The van der Waals surface area contributed by atoms with Crippen molar-refractivity contribution in [3.8, 4) is 0 Å². The Kier molecular flexibility index (Phi) is 22.1. The molecule has 32 nitrogen and oxygen atoms in total. The molecule has 0 aromatic heterocycles. The molecule has 4 rings (SSSR count). The average Bonchev–Trinajstić information content (AvgIpc) is 3.28. The van der Waals surface area contributed by atoms with E-state index in [0.717, 1.165) is 20.8 Å². The molecule has 18 N–H and O–H groups in total. The molecule has 402 valence electrons. The van der Waals surface area contributed by atoms with Crippen LogP contribution in [0.5, 0.6) is 0 Å². The summed E-state index contributed by atoms with van der Waals surface area (Å²) in [6, 6.07) is -5.03. The van der Waals surface area contributed by atoms with Crippen LogP contribution >= 0.6 is 0 Å². The van der Waals surface area contributed by atoms with Crippen molar-refractivity contribution in [1.82, 2.24) is 16.0 Å². The van der Waals surface area contributed by atoms with Gasteiger partial charge in [0.1, 0.15) is 116 Å². The summed E-state index contributed by atoms with van der Waals surface area (Å²) in [5.74, 6) is -2.46. The molecule has 4 fully saturated rings. The number of hydrogen-bond acceptors (Lipinski definition) is 28. The van der Waals surface area contributed by atoms with E-state index < -0.39 is 215 Å². The summed E-state index contributed by atoms with van der Waals surface area (Å²) in [6.07, 6.45) is -40.9. The summed E-state index contributed by atoms with van der Waals surface area (Å²) < 4.78 is 81.8. The number of aliphatic hydroxyl groups is 14. The maximum absolute atomic E-state index is 12.3. The van der Waals surface area contributed by atoms with E-state index in [4.69, 9.17) is 37.9 Å². The fraction of sp³-hybridized carbons (Fsp3) is 0.917.